The lowest BCUT2D eigenvalue weighted by atomic mass is 10.1. The van der Waals surface area contributed by atoms with E-state index >= 15 is 0 Å². The Bertz CT molecular complexity index is 1480. The summed E-state index contributed by atoms with van der Waals surface area (Å²) in [5.74, 6) is 0.757. The second kappa shape index (κ2) is 7.66. The van der Waals surface area contributed by atoms with Gasteiger partial charge in [-0.3, -0.25) is 9.59 Å². The van der Waals surface area contributed by atoms with Gasteiger partial charge >= 0.3 is 0 Å². The van der Waals surface area contributed by atoms with Crippen molar-refractivity contribution in [3.63, 3.8) is 0 Å². The molecule has 1 aliphatic carbocycles. The molecule has 0 spiro atoms. The van der Waals surface area contributed by atoms with Crippen molar-refractivity contribution in [3.05, 3.63) is 47.3 Å². The molecular weight excluding hydrogens is 500 g/mol. The first-order valence-corrected chi connectivity index (χ1v) is 11.7. The van der Waals surface area contributed by atoms with Gasteiger partial charge in [-0.1, -0.05) is 6.07 Å². The van der Waals surface area contributed by atoms with E-state index in [0.29, 0.717) is 45.3 Å². The van der Waals surface area contributed by atoms with Crippen LogP contribution in [0.4, 0.5) is 17.3 Å². The number of likely N-dealkylation sites (tertiary alicyclic amines) is 1. The largest absolute Gasteiger partial charge is 0.399 e. The number of nitrogens with two attached hydrogens (primary N) is 2. The number of anilines is 3. The van der Waals surface area contributed by atoms with Gasteiger partial charge in [0.2, 0.25) is 11.8 Å². The molecule has 1 saturated heterocycles. The van der Waals surface area contributed by atoms with E-state index in [1.165, 1.54) is 6.33 Å². The van der Waals surface area contributed by atoms with Gasteiger partial charge < -0.3 is 26.3 Å². The van der Waals surface area contributed by atoms with Gasteiger partial charge in [0.05, 0.1) is 10.9 Å². The summed E-state index contributed by atoms with van der Waals surface area (Å²) >= 11 is 3.31. The molecule has 3 atom stereocenters. The molecule has 0 radical (unpaired) electrons. The number of aromatic nitrogens is 4. The molecule has 1 aliphatic heterocycles. The number of carbonyl (C=O) groups excluding carboxylic acids is 2. The summed E-state index contributed by atoms with van der Waals surface area (Å²) in [6.07, 6.45) is 2.95. The highest BCUT2D eigenvalue weighted by Crippen LogP contribution is 2.48. The van der Waals surface area contributed by atoms with Crippen LogP contribution in [-0.4, -0.2) is 48.3 Å². The molecule has 10 nitrogen and oxygen atoms in total. The van der Waals surface area contributed by atoms with E-state index in [2.05, 4.69) is 36.2 Å². The summed E-state index contributed by atoms with van der Waals surface area (Å²) in [6, 6.07) is 10.3. The van der Waals surface area contributed by atoms with Gasteiger partial charge in [-0.25, -0.2) is 15.0 Å². The monoisotopic (exact) mass is 520 g/mol. The highest BCUT2D eigenvalue weighted by atomic mass is 79.9. The fourth-order valence-electron chi connectivity index (χ4n) is 5.07. The molecule has 1 saturated carbocycles. The Morgan fingerprint density at radius 3 is 2.82 bits per heavy atom. The normalized spacial score (nSPS) is 21.1. The van der Waals surface area contributed by atoms with Crippen LogP contribution in [0.2, 0.25) is 0 Å². The van der Waals surface area contributed by atoms with Crippen molar-refractivity contribution in [2.75, 3.05) is 16.8 Å². The fraction of sp³-hybridized carbons (Fsp3) is 0.261. The Labute approximate surface area is 202 Å². The average Bonchev–Trinajstić information content (AvgIpc) is 3.35. The minimum absolute atomic E-state index is 0.0303. The van der Waals surface area contributed by atoms with Gasteiger partial charge in [0.1, 0.15) is 40.8 Å². The molecule has 34 heavy (non-hydrogen) atoms. The molecule has 1 aromatic carbocycles. The lowest BCUT2D eigenvalue weighted by molar-refractivity contribution is -0.138. The Hall–Kier alpha value is -3.73. The zero-order valence-electron chi connectivity index (χ0n) is 18.0. The van der Waals surface area contributed by atoms with Crippen LogP contribution in [0.1, 0.15) is 12.8 Å². The number of hydrogen-bond donors (Lipinski definition) is 3. The van der Waals surface area contributed by atoms with Crippen LogP contribution in [0, 0.1) is 5.92 Å². The Morgan fingerprint density at radius 1 is 1.15 bits per heavy atom. The van der Waals surface area contributed by atoms with Gasteiger partial charge in [0, 0.05) is 17.1 Å². The number of rotatable bonds is 4. The molecule has 3 aromatic heterocycles. The maximum Gasteiger partial charge on any atom is 0.248 e. The van der Waals surface area contributed by atoms with Gasteiger partial charge in [-0.15, -0.1) is 0 Å². The van der Waals surface area contributed by atoms with Gasteiger partial charge in [-0.05, 0) is 65.0 Å². The van der Waals surface area contributed by atoms with Crippen LogP contribution in [0.15, 0.2) is 47.3 Å². The number of fused-ring (bicyclic) bond motifs is 4. The van der Waals surface area contributed by atoms with Gasteiger partial charge in [-0.2, -0.15) is 0 Å². The summed E-state index contributed by atoms with van der Waals surface area (Å²) in [4.78, 5) is 41.2. The van der Waals surface area contributed by atoms with E-state index in [1.54, 1.807) is 29.2 Å². The van der Waals surface area contributed by atoms with Crippen molar-refractivity contribution in [2.24, 2.45) is 5.92 Å². The molecular formula is C23H21BrN8O2. The summed E-state index contributed by atoms with van der Waals surface area (Å²) in [5.41, 5.74) is 14.1. The first-order valence-electron chi connectivity index (χ1n) is 10.9. The Balaban J connectivity index is 1.32. The number of halogens is 1. The van der Waals surface area contributed by atoms with Crippen molar-refractivity contribution in [1.29, 1.82) is 0 Å². The van der Waals surface area contributed by atoms with E-state index in [1.807, 2.05) is 16.7 Å². The number of nitrogens with one attached hydrogen (secondary N) is 1. The van der Waals surface area contributed by atoms with Crippen molar-refractivity contribution in [2.45, 2.75) is 31.5 Å². The van der Waals surface area contributed by atoms with Crippen molar-refractivity contribution in [3.8, 4) is 0 Å². The van der Waals surface area contributed by atoms with Crippen molar-refractivity contribution in [1.82, 2.24) is 24.4 Å². The van der Waals surface area contributed by atoms with E-state index in [9.17, 15) is 9.59 Å². The summed E-state index contributed by atoms with van der Waals surface area (Å²) in [5, 5.41) is 4.31. The maximum absolute atomic E-state index is 13.6. The summed E-state index contributed by atoms with van der Waals surface area (Å²) in [7, 11) is 0. The van der Waals surface area contributed by atoms with Crippen molar-refractivity contribution >= 4 is 67.0 Å². The fourth-order valence-corrected chi connectivity index (χ4v) is 5.41. The van der Waals surface area contributed by atoms with Crippen LogP contribution in [0.25, 0.3) is 21.9 Å². The minimum atomic E-state index is -0.541. The third-order valence-electron chi connectivity index (χ3n) is 6.65. The lowest BCUT2D eigenvalue weighted by Crippen LogP contribution is -2.46. The second-order valence-electron chi connectivity index (χ2n) is 8.77. The quantitative estimate of drug-likeness (QED) is 0.276. The molecule has 4 heterocycles. The molecule has 2 aliphatic rings. The van der Waals surface area contributed by atoms with E-state index in [4.69, 9.17) is 11.5 Å². The van der Waals surface area contributed by atoms with E-state index in [-0.39, 0.29) is 24.4 Å². The number of nitrogen functional groups attached to an aromatic ring is 2. The number of amides is 2. The summed E-state index contributed by atoms with van der Waals surface area (Å²) in [6.45, 7) is 0.0303. The van der Waals surface area contributed by atoms with Crippen LogP contribution < -0.4 is 16.8 Å². The van der Waals surface area contributed by atoms with Gasteiger partial charge in [0.15, 0.2) is 0 Å². The van der Waals surface area contributed by atoms with E-state index < -0.39 is 6.04 Å². The number of hydrogen-bond acceptors (Lipinski definition) is 7. The highest BCUT2D eigenvalue weighted by molar-refractivity contribution is 9.10. The van der Waals surface area contributed by atoms with Crippen LogP contribution in [0.5, 0.6) is 0 Å². The van der Waals surface area contributed by atoms with Crippen LogP contribution in [0.3, 0.4) is 0 Å². The molecule has 2 fully saturated rings. The number of nitrogens with zero attached hydrogens (tertiary/aromatic N) is 5. The number of benzene rings is 1. The van der Waals surface area contributed by atoms with E-state index in [0.717, 1.165) is 17.3 Å². The Kier molecular flexibility index (Phi) is 4.70. The minimum Gasteiger partial charge on any atom is -0.399 e. The SMILES string of the molecule is Nc1ccc2c(c1)c1c(N)ncnc1n2CC(=O)N1[C@@H]2CC2C[C@H]1C(=O)Nc1cccc(Br)n1. The standard InChI is InChI=1S/C23H21BrN8O2/c24-17-2-1-3-18(29-17)30-23(34)16-7-11-6-15(11)32(16)19(33)9-31-14-5-4-12(25)8-13(14)20-21(26)27-10-28-22(20)31/h1-5,8,10-11,15-16H,6-7,9,25H2,(H2,26,27,28)(H,29,30,34)/t11?,15-,16+/m1/s1. The zero-order valence-corrected chi connectivity index (χ0v) is 19.6. The molecule has 1 unspecified atom stereocenters. The molecule has 11 heteroatoms. The number of piperidine rings is 1. The number of carbonyl (C=O) groups is 2. The maximum atomic E-state index is 13.6. The molecule has 4 aromatic rings. The molecule has 0 bridgehead atoms. The zero-order chi connectivity index (χ0) is 23.6. The molecule has 2 amide bonds. The first-order chi connectivity index (χ1) is 16.4. The topological polar surface area (TPSA) is 145 Å². The predicted octanol–water partition coefficient (Wildman–Crippen LogP) is 2.53. The third-order valence-corrected chi connectivity index (χ3v) is 7.09. The third kappa shape index (κ3) is 3.35. The average molecular weight is 521 g/mol. The first kappa shape index (κ1) is 20.8. The Morgan fingerprint density at radius 2 is 2.00 bits per heavy atom. The number of pyridine rings is 1. The smallest absolute Gasteiger partial charge is 0.248 e. The van der Waals surface area contributed by atoms with Crippen LogP contribution >= 0.6 is 15.9 Å². The molecule has 5 N–H and O–H groups in total. The molecule has 6 rings (SSSR count). The lowest BCUT2D eigenvalue weighted by Gasteiger charge is -2.27. The summed E-state index contributed by atoms with van der Waals surface area (Å²) < 4.78 is 2.45. The van der Waals surface area contributed by atoms with Crippen LogP contribution in [-0.2, 0) is 16.1 Å². The molecule has 172 valence electrons. The second-order valence-corrected chi connectivity index (χ2v) is 9.58. The highest BCUT2D eigenvalue weighted by Gasteiger charge is 2.56. The van der Waals surface area contributed by atoms with Crippen molar-refractivity contribution < 1.29 is 9.59 Å². The predicted molar refractivity (Wildman–Crippen MR) is 132 cm³/mol. The van der Waals surface area contributed by atoms with Gasteiger partial charge in [0.25, 0.3) is 0 Å².